The molecular weight excluding hydrogens is 779 g/mol. The third kappa shape index (κ3) is 8.31. The van der Waals surface area contributed by atoms with Gasteiger partial charge in [0.2, 0.25) is 8.40 Å². The zero-order valence-electron chi connectivity index (χ0n) is 23.4. The van der Waals surface area contributed by atoms with E-state index in [1.165, 1.54) is 0 Å². The van der Waals surface area contributed by atoms with Gasteiger partial charge in [0.1, 0.15) is 16.5 Å². The van der Waals surface area contributed by atoms with E-state index in [9.17, 15) is 86.4 Å². The molecule has 0 saturated carbocycles. The monoisotopic (exact) mass is 805 g/mol. The Hall–Kier alpha value is -0.509. The minimum atomic E-state index is -7.46. The van der Waals surface area contributed by atoms with Crippen LogP contribution in [0.15, 0.2) is 0 Å². The van der Waals surface area contributed by atoms with Gasteiger partial charge in [-0.05, 0) is 19.0 Å². The average molecular weight is 806 g/mol. The number of rotatable bonds is 12. The Balaban J connectivity index is 7.96. The molecule has 0 bridgehead atoms. The number of nitrogens with zero attached hydrogens (tertiary/aromatic N) is 3. The molecule has 0 N–H and O–H groups in total. The summed E-state index contributed by atoms with van der Waals surface area (Å²) in [6.45, 7) is 2.60. The first kappa shape index (κ1) is 43.5. The van der Waals surface area contributed by atoms with Gasteiger partial charge in [-0.3, -0.25) is 0 Å². The Bertz CT molecular complexity index is 1390. The minimum absolute atomic E-state index is 0.303. The Morgan fingerprint density at radius 1 is 0.455 bits per heavy atom. The van der Waals surface area contributed by atoms with E-state index in [2.05, 4.69) is 0 Å². The number of hydrogen-bond donors (Lipinski definition) is 0. The lowest BCUT2D eigenvalue weighted by atomic mass is 10.5. The predicted molar refractivity (Wildman–Crippen MR) is 138 cm³/mol. The molecule has 0 aliphatic heterocycles. The van der Waals surface area contributed by atoms with Crippen molar-refractivity contribution in [2.24, 2.45) is 0 Å². The van der Waals surface area contributed by atoms with Crippen LogP contribution in [0.1, 0.15) is 6.42 Å². The first-order valence-corrected chi connectivity index (χ1v) is 26.5. The van der Waals surface area contributed by atoms with Gasteiger partial charge >= 0.3 is 62.1 Å². The molecule has 0 spiro atoms. The molecule has 266 valence electrons. The standard InChI is InChI=1S/C14H27F12N3O8S4Si3/c1-42(2,3)28(40(34,35)13(21,22)23)44(7,29(43(4,5)6)41(36,37)14(24,25)26)10-8-9-27(38(30,31)11(15,16)17)39(32,33)12(18,19)20/h8-10H2,1-7H3. The van der Waals surface area contributed by atoms with Crippen molar-refractivity contribution in [2.45, 2.75) is 80.3 Å². The van der Waals surface area contributed by atoms with Gasteiger partial charge in [-0.25, -0.2) is 40.9 Å². The smallest absolute Gasteiger partial charge is 0.224 e. The van der Waals surface area contributed by atoms with Gasteiger partial charge in [0, 0.05) is 6.54 Å². The van der Waals surface area contributed by atoms with Gasteiger partial charge in [-0.2, -0.15) is 52.7 Å². The van der Waals surface area contributed by atoms with E-state index in [0.29, 0.717) is 6.55 Å². The molecule has 0 atom stereocenters. The third-order valence-electron chi connectivity index (χ3n) is 5.27. The molecule has 0 aromatic heterocycles. The van der Waals surface area contributed by atoms with Gasteiger partial charge < -0.3 is 0 Å². The van der Waals surface area contributed by atoms with Gasteiger partial charge in [0.25, 0.3) is 0 Å². The molecule has 30 heteroatoms. The highest BCUT2D eigenvalue weighted by atomic mass is 32.3. The molecule has 44 heavy (non-hydrogen) atoms. The lowest BCUT2D eigenvalue weighted by molar-refractivity contribution is -0.0533. The van der Waals surface area contributed by atoms with Crippen molar-refractivity contribution < 1.29 is 86.4 Å². The Morgan fingerprint density at radius 3 is 0.864 bits per heavy atom. The van der Waals surface area contributed by atoms with Crippen molar-refractivity contribution in [3.63, 3.8) is 0 Å². The van der Waals surface area contributed by atoms with Gasteiger partial charge in [0.15, 0.2) is 0 Å². The highest BCUT2D eigenvalue weighted by molar-refractivity contribution is 8.04. The molecule has 0 aliphatic carbocycles. The minimum Gasteiger partial charge on any atom is -0.224 e. The highest BCUT2D eigenvalue weighted by Crippen LogP contribution is 2.44. The van der Waals surface area contributed by atoms with E-state index in [0.717, 1.165) is 39.3 Å². The molecule has 0 aromatic rings. The van der Waals surface area contributed by atoms with Crippen LogP contribution in [0.3, 0.4) is 0 Å². The van der Waals surface area contributed by atoms with Crippen molar-refractivity contribution in [1.29, 1.82) is 0 Å². The summed E-state index contributed by atoms with van der Waals surface area (Å²) in [7, 11) is -43.1. The lowest BCUT2D eigenvalue weighted by Crippen LogP contribution is -2.78. The third-order valence-corrected chi connectivity index (χ3v) is 32.1. The van der Waals surface area contributed by atoms with Crippen molar-refractivity contribution >= 4 is 65.0 Å². The normalized spacial score (nSPS) is 16.3. The average Bonchev–Trinajstić information content (AvgIpc) is 2.64. The maximum Gasteiger partial charge on any atom is 0.512 e. The molecular formula is C14H27F12N3O8S4Si3. The van der Waals surface area contributed by atoms with Crippen LogP contribution in [0.2, 0.25) is 51.9 Å². The fourth-order valence-corrected chi connectivity index (χ4v) is 34.8. The van der Waals surface area contributed by atoms with Crippen LogP contribution in [0.4, 0.5) is 52.7 Å². The summed E-state index contributed by atoms with van der Waals surface area (Å²) >= 11 is 0. The summed E-state index contributed by atoms with van der Waals surface area (Å²) in [6, 6.07) is -1.73. The van der Waals surface area contributed by atoms with Gasteiger partial charge in [-0.15, -0.1) is 0 Å². The molecule has 0 heterocycles. The fourth-order valence-electron chi connectivity index (χ4n) is 4.32. The zero-order chi connectivity index (χ0) is 36.4. The van der Waals surface area contributed by atoms with Crippen molar-refractivity contribution in [2.75, 3.05) is 6.54 Å². The van der Waals surface area contributed by atoms with Gasteiger partial charge in [-0.1, -0.05) is 43.0 Å². The molecule has 0 radical (unpaired) electrons. The van der Waals surface area contributed by atoms with Crippen LogP contribution in [-0.4, -0.2) is 98.1 Å². The number of hydrogen-bond acceptors (Lipinski definition) is 8. The van der Waals surface area contributed by atoms with Crippen molar-refractivity contribution in [1.82, 2.24) is 11.0 Å². The van der Waals surface area contributed by atoms with Crippen molar-refractivity contribution in [3.05, 3.63) is 0 Å². The van der Waals surface area contributed by atoms with E-state index in [1.807, 2.05) is 0 Å². The Kier molecular flexibility index (Phi) is 12.0. The number of sulfonamides is 4. The summed E-state index contributed by atoms with van der Waals surface area (Å²) in [5, 5.41) is 0. The Morgan fingerprint density at radius 2 is 0.682 bits per heavy atom. The van der Waals surface area contributed by atoms with E-state index < -0.39 is 117 Å². The maximum atomic E-state index is 13.9. The van der Waals surface area contributed by atoms with Gasteiger partial charge in [0.05, 0.1) is 0 Å². The second-order valence-corrected chi connectivity index (χ2v) is 34.1. The van der Waals surface area contributed by atoms with Crippen LogP contribution in [0.25, 0.3) is 0 Å². The summed E-state index contributed by atoms with van der Waals surface area (Å²) in [5.74, 6) is 0. The largest absolute Gasteiger partial charge is 0.512 e. The summed E-state index contributed by atoms with van der Waals surface area (Å²) in [4.78, 5) is 0. The first-order valence-electron chi connectivity index (χ1n) is 11.2. The second kappa shape index (κ2) is 12.2. The van der Waals surface area contributed by atoms with Crippen LogP contribution < -0.4 is 0 Å². The number of halogens is 12. The van der Waals surface area contributed by atoms with Crippen LogP contribution in [0.5, 0.6) is 0 Å². The highest BCUT2D eigenvalue weighted by Gasteiger charge is 2.68. The SMILES string of the molecule is C[Si](C)(C)N([Si](C)(CCCN(S(=O)(=O)C(F)(F)F)S(=O)(=O)C(F)(F)F)N([Si](C)(C)C)S(=O)(=O)C(F)(F)F)S(=O)(=O)C(F)(F)F. The van der Waals surface area contributed by atoms with E-state index >= 15 is 0 Å². The lowest BCUT2D eigenvalue weighted by Gasteiger charge is -2.53. The van der Waals surface area contributed by atoms with E-state index in [4.69, 9.17) is 0 Å². The molecule has 0 unspecified atom stereocenters. The Labute approximate surface area is 248 Å². The molecule has 0 rings (SSSR count). The molecule has 0 fully saturated rings. The molecule has 11 nitrogen and oxygen atoms in total. The summed E-state index contributed by atoms with van der Waals surface area (Å²) in [6.07, 6.45) is -1.80. The topological polar surface area (TPSA) is 146 Å². The quantitative estimate of drug-likeness (QED) is 0.208. The van der Waals surface area contributed by atoms with Crippen LogP contribution in [0, 0.1) is 0 Å². The van der Waals surface area contributed by atoms with Crippen LogP contribution >= 0.6 is 0 Å². The number of alkyl halides is 12. The fraction of sp³-hybridized carbons (Fsp3) is 1.00. The van der Waals surface area contributed by atoms with E-state index in [1.54, 1.807) is 0 Å². The molecule has 0 aliphatic rings. The summed E-state index contributed by atoms with van der Waals surface area (Å²) in [5.41, 5.74) is -26.1. The molecule has 0 saturated heterocycles. The van der Waals surface area contributed by atoms with E-state index in [-0.39, 0.29) is 0 Å². The van der Waals surface area contributed by atoms with Crippen LogP contribution in [-0.2, 0) is 40.1 Å². The van der Waals surface area contributed by atoms with Crippen molar-refractivity contribution in [3.8, 4) is 0 Å². The summed E-state index contributed by atoms with van der Waals surface area (Å²) < 4.78 is 257. The zero-order valence-corrected chi connectivity index (χ0v) is 29.7. The first-order chi connectivity index (χ1) is 18.6. The molecule has 0 amide bonds. The predicted octanol–water partition coefficient (Wildman–Crippen LogP) is 4.42. The maximum absolute atomic E-state index is 13.9. The second-order valence-electron chi connectivity index (χ2n) is 11.0. The molecule has 0 aromatic carbocycles.